The van der Waals surface area contributed by atoms with Crippen molar-refractivity contribution in [2.45, 2.75) is 32.3 Å². The molecule has 2 aliphatic heterocycles. The van der Waals surface area contributed by atoms with Crippen molar-refractivity contribution in [3.05, 3.63) is 61.0 Å². The number of hydrogen-bond donors (Lipinski definition) is 2. The number of rotatable bonds is 1. The Bertz CT molecular complexity index is 1030. The summed E-state index contributed by atoms with van der Waals surface area (Å²) in [5, 5.41) is 6.03. The molecule has 0 saturated carbocycles. The largest absolute Gasteiger partial charge is 0.361 e. The van der Waals surface area contributed by atoms with Gasteiger partial charge in [0, 0.05) is 23.0 Å². The molecule has 2 N–H and O–H groups in total. The van der Waals surface area contributed by atoms with Crippen LogP contribution < -0.4 is 10.9 Å². The number of aryl methyl sites for hydroxylation is 2. The summed E-state index contributed by atoms with van der Waals surface area (Å²) in [6.45, 7) is 5.85. The van der Waals surface area contributed by atoms with Crippen LogP contribution in [0, 0.1) is 6.92 Å². The minimum absolute atomic E-state index is 0.0955. The molecule has 0 bridgehead atoms. The Morgan fingerprint density at radius 2 is 2.04 bits per heavy atom. The minimum atomic E-state index is -0.917. The topological polar surface area (TPSA) is 76.1 Å². The molecule has 0 spiro atoms. The fraction of sp³-hybridized carbons (Fsp3) is 0.368. The van der Waals surface area contributed by atoms with E-state index in [1.807, 2.05) is 25.1 Å². The number of carbonyl (C=O) groups excluding carboxylic acids is 1. The van der Waals surface area contributed by atoms with Crippen molar-refractivity contribution in [2.24, 2.45) is 7.05 Å². The van der Waals surface area contributed by atoms with E-state index in [0.717, 1.165) is 21.3 Å². The van der Waals surface area contributed by atoms with Gasteiger partial charge in [-0.3, -0.25) is 19.4 Å². The highest BCUT2D eigenvalue weighted by Crippen LogP contribution is 2.44. The molecule has 136 valence electrons. The third-order valence-electron chi connectivity index (χ3n) is 5.17. The monoisotopic (exact) mass is 417 g/mol. The first-order chi connectivity index (χ1) is 12.2. The zero-order valence-corrected chi connectivity index (χ0v) is 16.7. The number of anilines is 1. The zero-order chi connectivity index (χ0) is 18.8. The molecule has 1 aromatic carbocycles. The maximum absolute atomic E-state index is 13.2. The number of ether oxygens (including phenoxy) is 1. The highest BCUT2D eigenvalue weighted by molar-refractivity contribution is 9.10. The molecule has 3 heterocycles. The van der Waals surface area contributed by atoms with Crippen LogP contribution in [0.4, 0.5) is 5.82 Å². The molecule has 1 aromatic heterocycles. The van der Waals surface area contributed by atoms with Crippen molar-refractivity contribution >= 4 is 27.5 Å². The van der Waals surface area contributed by atoms with E-state index in [1.54, 1.807) is 25.6 Å². The standard InChI is InChI=1S/C19H20BrN3O3/c1-9-5-6-10(7-11(9)20)13-14-12(8-26-19(2,3)16(14)24)21-17-15(13)18(25)22-23(17)4/h5-7,13,21H,8H2,1-4H3,(H,22,25). The van der Waals surface area contributed by atoms with Crippen LogP contribution in [0.2, 0.25) is 0 Å². The van der Waals surface area contributed by atoms with E-state index < -0.39 is 11.5 Å². The first-order valence-corrected chi connectivity index (χ1v) is 9.24. The van der Waals surface area contributed by atoms with E-state index in [-0.39, 0.29) is 11.3 Å². The van der Waals surface area contributed by atoms with Gasteiger partial charge in [0.15, 0.2) is 5.78 Å². The predicted octanol–water partition coefficient (Wildman–Crippen LogP) is 2.97. The summed E-state index contributed by atoms with van der Waals surface area (Å²) in [6, 6.07) is 5.96. The maximum atomic E-state index is 13.2. The number of aromatic amines is 1. The summed E-state index contributed by atoms with van der Waals surface area (Å²) >= 11 is 3.57. The van der Waals surface area contributed by atoms with E-state index in [1.165, 1.54) is 0 Å². The number of nitrogens with one attached hydrogen (secondary N) is 2. The molecule has 0 saturated heterocycles. The Balaban J connectivity index is 2.00. The lowest BCUT2D eigenvalue weighted by atomic mass is 9.76. The Hall–Kier alpha value is -2.12. The fourth-order valence-electron chi connectivity index (χ4n) is 3.65. The Labute approximate surface area is 159 Å². The van der Waals surface area contributed by atoms with Crippen LogP contribution in [0.5, 0.6) is 0 Å². The van der Waals surface area contributed by atoms with Crippen molar-refractivity contribution in [1.82, 2.24) is 9.78 Å². The first-order valence-electron chi connectivity index (χ1n) is 8.44. The lowest BCUT2D eigenvalue weighted by Crippen LogP contribution is -2.45. The van der Waals surface area contributed by atoms with E-state index in [4.69, 9.17) is 4.74 Å². The second-order valence-corrected chi connectivity index (χ2v) is 8.20. The van der Waals surface area contributed by atoms with Gasteiger partial charge in [0.05, 0.1) is 17.9 Å². The van der Waals surface area contributed by atoms with Crippen LogP contribution >= 0.6 is 15.9 Å². The number of halogens is 1. The molecule has 26 heavy (non-hydrogen) atoms. The Morgan fingerprint density at radius 1 is 1.31 bits per heavy atom. The molecule has 6 nitrogen and oxygen atoms in total. The predicted molar refractivity (Wildman–Crippen MR) is 102 cm³/mol. The van der Waals surface area contributed by atoms with Crippen LogP contribution in [0.15, 0.2) is 38.7 Å². The second-order valence-electron chi connectivity index (χ2n) is 7.35. The molecule has 2 aromatic rings. The smallest absolute Gasteiger partial charge is 0.270 e. The summed E-state index contributed by atoms with van der Waals surface area (Å²) in [5.41, 5.74) is 2.78. The van der Waals surface area contributed by atoms with Crippen LogP contribution in [0.1, 0.15) is 36.5 Å². The molecule has 0 aliphatic carbocycles. The number of Topliss-reactive ketones (excluding diaryl/α,β-unsaturated/α-hetero) is 1. The van der Waals surface area contributed by atoms with Gasteiger partial charge in [0.2, 0.25) is 0 Å². The third-order valence-corrected chi connectivity index (χ3v) is 6.03. The number of nitrogens with zero attached hydrogens (tertiary/aromatic N) is 1. The number of benzene rings is 1. The molecular weight excluding hydrogens is 398 g/mol. The molecule has 1 atom stereocenters. The van der Waals surface area contributed by atoms with Crippen molar-refractivity contribution in [3.8, 4) is 0 Å². The molecule has 1 unspecified atom stereocenters. The van der Waals surface area contributed by atoms with E-state index >= 15 is 0 Å². The van der Waals surface area contributed by atoms with Gasteiger partial charge in [0.25, 0.3) is 5.56 Å². The van der Waals surface area contributed by atoms with Gasteiger partial charge in [-0.1, -0.05) is 28.1 Å². The number of hydrogen-bond acceptors (Lipinski definition) is 4. The molecule has 0 fully saturated rings. The summed E-state index contributed by atoms with van der Waals surface area (Å²) in [5.74, 6) is 0.146. The number of carbonyl (C=O) groups is 1. The number of ketones is 1. The van der Waals surface area contributed by atoms with Gasteiger partial charge >= 0.3 is 0 Å². The van der Waals surface area contributed by atoms with Gasteiger partial charge in [-0.15, -0.1) is 0 Å². The summed E-state index contributed by atoms with van der Waals surface area (Å²) in [4.78, 5) is 25.9. The normalized spacial score (nSPS) is 21.3. The molecule has 0 radical (unpaired) electrons. The highest BCUT2D eigenvalue weighted by Gasteiger charge is 2.45. The van der Waals surface area contributed by atoms with Gasteiger partial charge in [-0.25, -0.2) is 0 Å². The molecule has 2 aliphatic rings. The van der Waals surface area contributed by atoms with E-state index in [2.05, 4.69) is 26.3 Å². The van der Waals surface area contributed by atoms with Crippen LogP contribution in [-0.2, 0) is 16.6 Å². The van der Waals surface area contributed by atoms with Gasteiger partial charge in [-0.05, 0) is 38.0 Å². The number of H-pyrrole nitrogens is 1. The number of aromatic nitrogens is 2. The summed E-state index contributed by atoms with van der Waals surface area (Å²) < 4.78 is 8.36. The Morgan fingerprint density at radius 3 is 2.73 bits per heavy atom. The second kappa shape index (κ2) is 5.69. The third kappa shape index (κ3) is 2.41. The summed E-state index contributed by atoms with van der Waals surface area (Å²) in [6.07, 6.45) is 0. The average molecular weight is 418 g/mol. The fourth-order valence-corrected chi connectivity index (χ4v) is 4.05. The Kier molecular flexibility index (Phi) is 3.79. The van der Waals surface area contributed by atoms with E-state index in [9.17, 15) is 9.59 Å². The molecule has 0 amide bonds. The van der Waals surface area contributed by atoms with Gasteiger partial charge in [-0.2, -0.15) is 0 Å². The van der Waals surface area contributed by atoms with Crippen molar-refractivity contribution in [3.63, 3.8) is 0 Å². The minimum Gasteiger partial charge on any atom is -0.361 e. The SMILES string of the molecule is Cc1ccc(C2C3=C(COC(C)(C)C3=O)Nc3c2c(=O)[nH]n3C)cc1Br. The highest BCUT2D eigenvalue weighted by atomic mass is 79.9. The molecule has 4 rings (SSSR count). The average Bonchev–Trinajstić information content (AvgIpc) is 2.86. The van der Waals surface area contributed by atoms with E-state index in [0.29, 0.717) is 23.6 Å². The quantitative estimate of drug-likeness (QED) is 0.747. The van der Waals surface area contributed by atoms with Crippen molar-refractivity contribution < 1.29 is 9.53 Å². The summed E-state index contributed by atoms with van der Waals surface area (Å²) in [7, 11) is 1.77. The zero-order valence-electron chi connectivity index (χ0n) is 15.1. The lowest BCUT2D eigenvalue weighted by Gasteiger charge is -2.38. The van der Waals surface area contributed by atoms with Gasteiger partial charge < -0.3 is 10.1 Å². The number of fused-ring (bicyclic) bond motifs is 1. The molecular formula is C19H20BrN3O3. The van der Waals surface area contributed by atoms with Gasteiger partial charge in [0.1, 0.15) is 11.4 Å². The van der Waals surface area contributed by atoms with Crippen LogP contribution in [0.25, 0.3) is 0 Å². The first kappa shape index (κ1) is 17.3. The maximum Gasteiger partial charge on any atom is 0.270 e. The van der Waals surface area contributed by atoms with Crippen molar-refractivity contribution in [2.75, 3.05) is 11.9 Å². The van der Waals surface area contributed by atoms with Crippen LogP contribution in [-0.4, -0.2) is 27.8 Å². The lowest BCUT2D eigenvalue weighted by molar-refractivity contribution is -0.137. The van der Waals surface area contributed by atoms with Crippen LogP contribution in [0.3, 0.4) is 0 Å². The molecule has 7 heteroatoms. The van der Waals surface area contributed by atoms with Crippen molar-refractivity contribution in [1.29, 1.82) is 0 Å².